The standard InChI is InChI=1S/C26H27NO8S/c1-33-21-10-8-18(15-24(28)29)14-22(21)35-23-11-9-20(19-6-4-3-5-7-19)16-26(23,36(2,31)32)17-27-12-13-34-25(27)30/h3-11,14H,12-13,15-17H2,1-2H3,(H,28,29). The topological polar surface area (TPSA) is 119 Å². The molecule has 36 heavy (non-hydrogen) atoms. The van der Waals surface area contributed by atoms with Crippen LogP contribution in [0.5, 0.6) is 11.5 Å². The number of rotatable bonds is 9. The van der Waals surface area contributed by atoms with Gasteiger partial charge in [0.1, 0.15) is 12.4 Å². The van der Waals surface area contributed by atoms with Crippen molar-refractivity contribution in [3.05, 3.63) is 77.6 Å². The van der Waals surface area contributed by atoms with Crippen molar-refractivity contribution in [1.82, 2.24) is 4.90 Å². The minimum absolute atomic E-state index is 0.0581. The van der Waals surface area contributed by atoms with Crippen molar-refractivity contribution < 1.29 is 37.3 Å². The first-order valence-corrected chi connectivity index (χ1v) is 13.2. The Morgan fingerprint density at radius 3 is 2.50 bits per heavy atom. The molecule has 10 heteroatoms. The van der Waals surface area contributed by atoms with Gasteiger partial charge in [-0.3, -0.25) is 4.79 Å². The highest BCUT2D eigenvalue weighted by Crippen LogP contribution is 2.43. The van der Waals surface area contributed by atoms with E-state index in [0.29, 0.717) is 11.3 Å². The van der Waals surface area contributed by atoms with Crippen LogP contribution in [-0.2, 0) is 25.8 Å². The number of ether oxygens (including phenoxy) is 3. The van der Waals surface area contributed by atoms with E-state index in [2.05, 4.69) is 0 Å². The van der Waals surface area contributed by atoms with E-state index in [1.807, 2.05) is 30.3 Å². The number of carboxylic acids is 1. The normalized spacial score (nSPS) is 19.8. The third kappa shape index (κ3) is 5.08. The minimum Gasteiger partial charge on any atom is -0.493 e. The molecule has 1 unspecified atom stereocenters. The van der Waals surface area contributed by atoms with Crippen LogP contribution in [0.15, 0.2) is 66.4 Å². The lowest BCUT2D eigenvalue weighted by molar-refractivity contribution is -0.136. The van der Waals surface area contributed by atoms with Crippen LogP contribution >= 0.6 is 0 Å². The van der Waals surface area contributed by atoms with Crippen LogP contribution in [0.25, 0.3) is 5.57 Å². The van der Waals surface area contributed by atoms with E-state index >= 15 is 0 Å². The molecule has 1 atom stereocenters. The fraction of sp³-hybridized carbons (Fsp3) is 0.308. The molecule has 1 saturated heterocycles. The molecule has 0 bridgehead atoms. The van der Waals surface area contributed by atoms with E-state index in [9.17, 15) is 23.1 Å². The molecule has 1 N–H and O–H groups in total. The van der Waals surface area contributed by atoms with Gasteiger partial charge in [0.15, 0.2) is 26.1 Å². The molecule has 1 heterocycles. The molecule has 1 amide bonds. The molecule has 2 aromatic rings. The summed E-state index contributed by atoms with van der Waals surface area (Å²) < 4.78 is 42.1. The second-order valence-corrected chi connectivity index (χ2v) is 11.1. The predicted molar refractivity (Wildman–Crippen MR) is 133 cm³/mol. The summed E-state index contributed by atoms with van der Waals surface area (Å²) in [6, 6.07) is 14.1. The number of sulfone groups is 1. The first-order valence-electron chi connectivity index (χ1n) is 11.3. The Kier molecular flexibility index (Phi) is 7.07. The van der Waals surface area contributed by atoms with Gasteiger partial charge in [-0.1, -0.05) is 42.5 Å². The van der Waals surface area contributed by atoms with Gasteiger partial charge >= 0.3 is 12.1 Å². The van der Waals surface area contributed by atoms with Gasteiger partial charge in [0.2, 0.25) is 0 Å². The van der Waals surface area contributed by atoms with Crippen molar-refractivity contribution in [3.8, 4) is 11.5 Å². The number of benzene rings is 2. The Hall–Kier alpha value is -3.79. The van der Waals surface area contributed by atoms with Crippen molar-refractivity contribution in [3.63, 3.8) is 0 Å². The molecule has 0 aromatic heterocycles. The molecule has 2 aromatic carbocycles. The van der Waals surface area contributed by atoms with E-state index in [0.717, 1.165) is 17.4 Å². The highest BCUT2D eigenvalue weighted by atomic mass is 32.2. The smallest absolute Gasteiger partial charge is 0.410 e. The Labute approximate surface area is 209 Å². The molecule has 190 valence electrons. The molecular formula is C26H27NO8S. The lowest BCUT2D eigenvalue weighted by atomic mass is 9.87. The summed E-state index contributed by atoms with van der Waals surface area (Å²) in [5.74, 6) is -0.423. The second kappa shape index (κ2) is 10.1. The number of allylic oxidation sites excluding steroid dienone is 3. The van der Waals surface area contributed by atoms with Crippen LogP contribution in [0.1, 0.15) is 17.5 Å². The van der Waals surface area contributed by atoms with Gasteiger partial charge < -0.3 is 24.2 Å². The summed E-state index contributed by atoms with van der Waals surface area (Å²) in [6.45, 7) is 0.258. The zero-order valence-corrected chi connectivity index (χ0v) is 20.8. The van der Waals surface area contributed by atoms with Crippen LogP contribution in [-0.4, -0.2) is 68.3 Å². The second-order valence-electron chi connectivity index (χ2n) is 8.73. The van der Waals surface area contributed by atoms with Crippen LogP contribution in [0.3, 0.4) is 0 Å². The average Bonchev–Trinajstić information content (AvgIpc) is 3.24. The summed E-state index contributed by atoms with van der Waals surface area (Å²) in [4.78, 5) is 24.9. The van der Waals surface area contributed by atoms with Gasteiger partial charge in [0, 0.05) is 12.7 Å². The van der Waals surface area contributed by atoms with E-state index in [4.69, 9.17) is 14.2 Å². The molecule has 0 saturated carbocycles. The van der Waals surface area contributed by atoms with Crippen molar-refractivity contribution in [2.24, 2.45) is 0 Å². The number of methoxy groups -OCH3 is 1. The maximum Gasteiger partial charge on any atom is 0.410 e. The highest BCUT2D eigenvalue weighted by Gasteiger charge is 2.51. The SMILES string of the molecule is COc1ccc(CC(=O)O)cc1OC1=CC=C(c2ccccc2)CC1(CN1CCOC1=O)S(C)(=O)=O. The maximum absolute atomic E-state index is 13.5. The first kappa shape index (κ1) is 25.3. The van der Waals surface area contributed by atoms with E-state index in [-0.39, 0.29) is 44.0 Å². The minimum atomic E-state index is -3.88. The van der Waals surface area contributed by atoms with Crippen molar-refractivity contribution >= 4 is 27.5 Å². The van der Waals surface area contributed by atoms with Gasteiger partial charge in [-0.15, -0.1) is 0 Å². The Balaban J connectivity index is 1.83. The first-order chi connectivity index (χ1) is 17.1. The number of carbonyl (C=O) groups is 2. The number of aliphatic carboxylic acids is 1. The van der Waals surface area contributed by atoms with Crippen molar-refractivity contribution in [2.45, 2.75) is 17.6 Å². The third-order valence-corrected chi connectivity index (χ3v) is 8.20. The van der Waals surface area contributed by atoms with Gasteiger partial charge in [0.05, 0.1) is 26.6 Å². The summed E-state index contributed by atoms with van der Waals surface area (Å²) in [7, 11) is -2.44. The molecule has 1 aliphatic carbocycles. The molecule has 1 aliphatic heterocycles. The number of cyclic esters (lactones) is 1. The maximum atomic E-state index is 13.5. The van der Waals surface area contributed by atoms with Gasteiger partial charge in [-0.25, -0.2) is 13.2 Å². The Bertz CT molecular complexity index is 1330. The van der Waals surface area contributed by atoms with Crippen LogP contribution in [0.2, 0.25) is 0 Å². The number of nitrogens with zero attached hydrogens (tertiary/aromatic N) is 1. The fourth-order valence-electron chi connectivity index (χ4n) is 4.41. The summed E-state index contributed by atoms with van der Waals surface area (Å²) in [5.41, 5.74) is 2.08. The van der Waals surface area contributed by atoms with Gasteiger partial charge in [-0.2, -0.15) is 0 Å². The average molecular weight is 514 g/mol. The number of hydrogen-bond acceptors (Lipinski definition) is 7. The summed E-state index contributed by atoms with van der Waals surface area (Å²) >= 11 is 0. The van der Waals surface area contributed by atoms with Gasteiger partial charge in [0.25, 0.3) is 0 Å². The Morgan fingerprint density at radius 1 is 1.14 bits per heavy atom. The van der Waals surface area contributed by atoms with Crippen LogP contribution < -0.4 is 9.47 Å². The highest BCUT2D eigenvalue weighted by molar-refractivity contribution is 7.92. The van der Waals surface area contributed by atoms with E-state index in [1.165, 1.54) is 18.1 Å². The van der Waals surface area contributed by atoms with Crippen molar-refractivity contribution in [2.75, 3.05) is 33.1 Å². The summed E-state index contributed by atoms with van der Waals surface area (Å²) in [6.07, 6.45) is 3.74. The molecular weight excluding hydrogens is 486 g/mol. The lowest BCUT2D eigenvalue weighted by Gasteiger charge is -2.38. The molecule has 0 radical (unpaired) electrons. The molecule has 9 nitrogen and oxygen atoms in total. The largest absolute Gasteiger partial charge is 0.493 e. The number of carboxylic acid groups (broad SMARTS) is 1. The molecule has 0 spiro atoms. The van der Waals surface area contributed by atoms with Crippen molar-refractivity contribution in [1.29, 1.82) is 0 Å². The zero-order chi connectivity index (χ0) is 25.9. The lowest BCUT2D eigenvalue weighted by Crippen LogP contribution is -2.52. The predicted octanol–water partition coefficient (Wildman–Crippen LogP) is 3.31. The Morgan fingerprint density at radius 2 is 1.89 bits per heavy atom. The quantitative estimate of drug-likeness (QED) is 0.542. The zero-order valence-electron chi connectivity index (χ0n) is 20.0. The summed E-state index contributed by atoms with van der Waals surface area (Å²) in [5, 5.41) is 9.20. The van der Waals surface area contributed by atoms with Gasteiger partial charge in [-0.05, 0) is 34.9 Å². The monoisotopic (exact) mass is 513 g/mol. The van der Waals surface area contributed by atoms with E-state index < -0.39 is 26.6 Å². The van der Waals surface area contributed by atoms with Crippen LogP contribution in [0, 0.1) is 0 Å². The third-order valence-electron chi connectivity index (χ3n) is 6.31. The number of hydrogen-bond donors (Lipinski definition) is 1. The molecule has 4 rings (SSSR count). The number of carbonyl (C=O) groups excluding carboxylic acids is 1. The fourth-order valence-corrected chi connectivity index (χ4v) is 5.69. The molecule has 2 aliphatic rings. The number of amides is 1. The molecule has 1 fully saturated rings. The van der Waals surface area contributed by atoms with E-state index in [1.54, 1.807) is 24.3 Å². The van der Waals surface area contributed by atoms with Crippen LogP contribution in [0.4, 0.5) is 4.79 Å².